The van der Waals surface area contributed by atoms with E-state index < -0.39 is 9.84 Å². The summed E-state index contributed by atoms with van der Waals surface area (Å²) in [5, 5.41) is 3.03. The van der Waals surface area contributed by atoms with Crippen LogP contribution in [0, 0.1) is 0 Å². The molecule has 0 saturated carbocycles. The second-order valence-corrected chi connectivity index (χ2v) is 8.26. The van der Waals surface area contributed by atoms with Crippen molar-refractivity contribution in [2.45, 2.75) is 31.3 Å². The third kappa shape index (κ3) is 8.17. The van der Waals surface area contributed by atoms with Gasteiger partial charge in [-0.2, -0.15) is 0 Å². The van der Waals surface area contributed by atoms with Crippen molar-refractivity contribution in [3.05, 3.63) is 54.1 Å². The maximum atomic E-state index is 11.4. The summed E-state index contributed by atoms with van der Waals surface area (Å²) in [7, 11) is -3.16. The number of nitrogens with two attached hydrogens (primary N) is 1. The predicted molar refractivity (Wildman–Crippen MR) is 121 cm³/mol. The number of aliphatic imine (C=N–C) groups is 1. The first-order chi connectivity index (χ1) is 12.2. The molecule has 2 aromatic carbocycles. The van der Waals surface area contributed by atoms with Crippen molar-refractivity contribution in [2.75, 3.05) is 18.1 Å². The highest BCUT2D eigenvalue weighted by atomic mass is 127. The molecule has 0 unspecified atom stereocenters. The first-order valence-electron chi connectivity index (χ1n) is 8.37. The molecule has 27 heavy (non-hydrogen) atoms. The molecule has 0 amide bonds. The number of hydrogen-bond acceptors (Lipinski definition) is 4. The highest BCUT2D eigenvalue weighted by molar-refractivity contribution is 14.0. The topological polar surface area (TPSA) is 93.8 Å². The minimum absolute atomic E-state index is 0. The summed E-state index contributed by atoms with van der Waals surface area (Å²) in [5.74, 6) is 1.13. The Bertz CT molecular complexity index is 849. The van der Waals surface area contributed by atoms with E-state index >= 15 is 0 Å². The molecule has 0 aliphatic rings. The van der Waals surface area contributed by atoms with Crippen LogP contribution in [0.3, 0.4) is 0 Å². The first kappa shape index (κ1) is 23.2. The van der Waals surface area contributed by atoms with E-state index in [9.17, 15) is 8.42 Å². The van der Waals surface area contributed by atoms with Crippen molar-refractivity contribution in [2.24, 2.45) is 10.7 Å². The number of halogens is 1. The predicted octanol–water partition coefficient (Wildman–Crippen LogP) is 3.46. The minimum Gasteiger partial charge on any atom is -0.491 e. The molecule has 0 aliphatic heterocycles. The smallest absolute Gasteiger partial charge is 0.193 e. The van der Waals surface area contributed by atoms with Gasteiger partial charge in [0.2, 0.25) is 0 Å². The highest BCUT2D eigenvalue weighted by Crippen LogP contribution is 2.16. The Balaban J connectivity index is 0.00000364. The summed E-state index contributed by atoms with van der Waals surface area (Å²) >= 11 is 0. The fourth-order valence-corrected chi connectivity index (χ4v) is 2.92. The van der Waals surface area contributed by atoms with Crippen molar-refractivity contribution in [3.8, 4) is 5.75 Å². The molecule has 0 atom stereocenters. The van der Waals surface area contributed by atoms with Crippen molar-refractivity contribution >= 4 is 45.5 Å². The third-order valence-corrected chi connectivity index (χ3v) is 4.66. The summed E-state index contributed by atoms with van der Waals surface area (Å²) in [6.45, 7) is 4.46. The van der Waals surface area contributed by atoms with Gasteiger partial charge < -0.3 is 15.8 Å². The van der Waals surface area contributed by atoms with Crippen molar-refractivity contribution < 1.29 is 13.2 Å². The molecule has 0 bridgehead atoms. The second-order valence-electron chi connectivity index (χ2n) is 6.25. The number of nitrogens with zero attached hydrogens (tertiary/aromatic N) is 1. The van der Waals surface area contributed by atoms with Gasteiger partial charge in [-0.05, 0) is 62.2 Å². The summed E-state index contributed by atoms with van der Waals surface area (Å²) in [5.41, 5.74) is 7.74. The number of sulfone groups is 1. The molecule has 6 nitrogen and oxygen atoms in total. The van der Waals surface area contributed by atoms with Crippen molar-refractivity contribution in [3.63, 3.8) is 0 Å². The molecule has 8 heteroatoms. The van der Waals surface area contributed by atoms with Gasteiger partial charge in [0.1, 0.15) is 5.75 Å². The Morgan fingerprint density at radius 3 is 2.22 bits per heavy atom. The zero-order valence-electron chi connectivity index (χ0n) is 15.7. The molecule has 0 aliphatic carbocycles. The number of ether oxygens (including phenoxy) is 1. The van der Waals surface area contributed by atoms with Gasteiger partial charge in [0, 0.05) is 18.5 Å². The Kier molecular flexibility index (Phi) is 9.04. The van der Waals surface area contributed by atoms with Crippen molar-refractivity contribution in [1.29, 1.82) is 0 Å². The van der Waals surface area contributed by atoms with E-state index in [1.807, 2.05) is 38.1 Å². The number of hydrogen-bond donors (Lipinski definition) is 2. The summed E-state index contributed by atoms with van der Waals surface area (Å²) < 4.78 is 28.5. The maximum Gasteiger partial charge on any atom is 0.193 e. The fraction of sp³-hybridized carbons (Fsp3) is 0.316. The van der Waals surface area contributed by atoms with E-state index in [4.69, 9.17) is 10.5 Å². The number of anilines is 1. The minimum atomic E-state index is -3.16. The average molecular weight is 503 g/mol. The maximum absolute atomic E-state index is 11.4. The molecule has 148 valence electrons. The van der Waals surface area contributed by atoms with Gasteiger partial charge in [-0.1, -0.05) is 12.1 Å². The highest BCUT2D eigenvalue weighted by Gasteiger charge is 2.06. The number of guanidine groups is 1. The molecule has 0 spiro atoms. The van der Waals surface area contributed by atoms with Crippen LogP contribution in [0.5, 0.6) is 5.75 Å². The van der Waals surface area contributed by atoms with Gasteiger partial charge in [0.25, 0.3) is 0 Å². The van der Waals surface area contributed by atoms with Gasteiger partial charge in [0.05, 0.1) is 11.0 Å². The van der Waals surface area contributed by atoms with Gasteiger partial charge in [-0.3, -0.25) is 4.99 Å². The van der Waals surface area contributed by atoms with Crippen LogP contribution in [0.15, 0.2) is 58.4 Å². The Morgan fingerprint density at radius 1 is 1.11 bits per heavy atom. The summed E-state index contributed by atoms with van der Waals surface area (Å²) in [4.78, 5) is 4.61. The second kappa shape index (κ2) is 10.5. The summed E-state index contributed by atoms with van der Waals surface area (Å²) in [6, 6.07) is 14.3. The average Bonchev–Trinajstić information content (AvgIpc) is 2.56. The standard InChI is InChI=1S/C19H25N3O3S.HI/c1-14(2)25-17-8-6-16(7-9-17)22-19(20)21-13-12-15-4-10-18(11-5-15)26(3,23)24;/h4-11,14H,12-13H2,1-3H3,(H3,20,21,22);1H. The molecule has 0 fully saturated rings. The molecule has 2 rings (SSSR count). The van der Waals surface area contributed by atoms with Crippen LogP contribution < -0.4 is 15.8 Å². The van der Waals surface area contributed by atoms with E-state index in [0.29, 0.717) is 23.8 Å². The van der Waals surface area contributed by atoms with E-state index in [-0.39, 0.29) is 30.1 Å². The van der Waals surface area contributed by atoms with Crippen LogP contribution in [0.1, 0.15) is 19.4 Å². The van der Waals surface area contributed by atoms with E-state index in [0.717, 1.165) is 17.0 Å². The van der Waals surface area contributed by atoms with Gasteiger partial charge in [0.15, 0.2) is 15.8 Å². The Hall–Kier alpha value is -1.81. The van der Waals surface area contributed by atoms with Crippen LogP contribution in [-0.2, 0) is 16.3 Å². The zero-order chi connectivity index (χ0) is 19.2. The summed E-state index contributed by atoms with van der Waals surface area (Å²) in [6.07, 6.45) is 2.00. The van der Waals surface area contributed by atoms with E-state index in [1.54, 1.807) is 24.3 Å². The quantitative estimate of drug-likeness (QED) is 0.343. The molecular formula is C19H26IN3O3S. The largest absolute Gasteiger partial charge is 0.491 e. The molecule has 0 heterocycles. The number of benzene rings is 2. The molecule has 3 N–H and O–H groups in total. The lowest BCUT2D eigenvalue weighted by molar-refractivity contribution is 0.242. The molecule has 0 radical (unpaired) electrons. The fourth-order valence-electron chi connectivity index (χ4n) is 2.29. The first-order valence-corrected chi connectivity index (χ1v) is 10.3. The lowest BCUT2D eigenvalue weighted by Crippen LogP contribution is -2.23. The zero-order valence-corrected chi connectivity index (χ0v) is 18.8. The number of nitrogens with one attached hydrogen (secondary N) is 1. The Labute approximate surface area is 178 Å². The van der Waals surface area contributed by atoms with Gasteiger partial charge >= 0.3 is 0 Å². The SMILES string of the molecule is CC(C)Oc1ccc(NC(N)=NCCc2ccc(S(C)(=O)=O)cc2)cc1.I. The van der Waals surface area contributed by atoms with Gasteiger partial charge in [-0.15, -0.1) is 24.0 Å². The monoisotopic (exact) mass is 503 g/mol. The van der Waals surface area contributed by atoms with Crippen LogP contribution >= 0.6 is 24.0 Å². The van der Waals surface area contributed by atoms with Crippen LogP contribution in [0.2, 0.25) is 0 Å². The molecule has 0 saturated heterocycles. The van der Waals surface area contributed by atoms with Crippen LogP contribution in [0.25, 0.3) is 0 Å². The van der Waals surface area contributed by atoms with Gasteiger partial charge in [-0.25, -0.2) is 8.42 Å². The van der Waals surface area contributed by atoms with E-state index in [2.05, 4.69) is 10.3 Å². The van der Waals surface area contributed by atoms with E-state index in [1.165, 1.54) is 6.26 Å². The molecule has 2 aromatic rings. The third-order valence-electron chi connectivity index (χ3n) is 3.53. The van der Waals surface area contributed by atoms with Crippen LogP contribution in [-0.4, -0.2) is 33.3 Å². The number of rotatable bonds is 7. The molecule has 0 aromatic heterocycles. The molecular weight excluding hydrogens is 477 g/mol. The Morgan fingerprint density at radius 2 is 1.70 bits per heavy atom. The van der Waals surface area contributed by atoms with Crippen LogP contribution in [0.4, 0.5) is 5.69 Å². The van der Waals surface area contributed by atoms with Crippen molar-refractivity contribution in [1.82, 2.24) is 0 Å². The normalized spacial score (nSPS) is 11.8. The lowest BCUT2D eigenvalue weighted by Gasteiger charge is -2.11. The lowest BCUT2D eigenvalue weighted by atomic mass is 10.1.